The summed E-state index contributed by atoms with van der Waals surface area (Å²) in [6.07, 6.45) is 1.77. The molecular weight excluding hydrogens is 299 g/mol. The van der Waals surface area contributed by atoms with Gasteiger partial charge in [0.2, 0.25) is 0 Å². The Kier molecular flexibility index (Phi) is 6.87. The van der Waals surface area contributed by atoms with E-state index in [0.29, 0.717) is 0 Å². The highest BCUT2D eigenvalue weighted by atomic mass is 35.5. The lowest BCUT2D eigenvalue weighted by molar-refractivity contribution is 0.139. The molecule has 1 aliphatic rings. The molecule has 1 fully saturated rings. The lowest BCUT2D eigenvalue weighted by atomic mass is 10.1. The molecule has 1 aliphatic heterocycles. The van der Waals surface area contributed by atoms with E-state index in [0.717, 1.165) is 26.2 Å². The van der Waals surface area contributed by atoms with Crippen molar-refractivity contribution in [3.8, 4) is 0 Å². The monoisotopic (exact) mass is 316 g/mol. The number of hydrogen-bond donors (Lipinski definition) is 1. The molecule has 1 atom stereocenters. The third-order valence-corrected chi connectivity index (χ3v) is 3.21. The summed E-state index contributed by atoms with van der Waals surface area (Å²) in [5.74, 6) is 0. The van der Waals surface area contributed by atoms with Crippen LogP contribution in [0.15, 0.2) is 36.7 Å². The summed E-state index contributed by atoms with van der Waals surface area (Å²) in [5, 5.41) is 14.9. The van der Waals surface area contributed by atoms with E-state index in [9.17, 15) is 0 Å². The van der Waals surface area contributed by atoms with Crippen LogP contribution >= 0.6 is 24.8 Å². The van der Waals surface area contributed by atoms with Crippen molar-refractivity contribution in [2.75, 3.05) is 26.2 Å². The fraction of sp³-hybridized carbons (Fsp3) is 0.417. The van der Waals surface area contributed by atoms with Gasteiger partial charge in [0.25, 0.3) is 0 Å². The van der Waals surface area contributed by atoms with Crippen LogP contribution in [0.1, 0.15) is 11.7 Å². The fourth-order valence-electron chi connectivity index (χ4n) is 2.36. The molecule has 0 saturated carbocycles. The standard InChI is InChI=1S/C12H16N6.2ClH/c1-2-4-11(5-3-1)12(18-10-14-15-16-18)17-8-6-13-7-9-17;;/h1-5,10,12-13H,6-9H2;2*1H. The number of rotatable bonds is 3. The van der Waals surface area contributed by atoms with Gasteiger partial charge in [0, 0.05) is 26.2 Å². The Labute approximate surface area is 130 Å². The molecular formula is C12H18Cl2N6. The first kappa shape index (κ1) is 16.8. The van der Waals surface area contributed by atoms with Crippen LogP contribution < -0.4 is 5.32 Å². The topological polar surface area (TPSA) is 58.9 Å². The van der Waals surface area contributed by atoms with Gasteiger partial charge in [0.1, 0.15) is 12.5 Å². The molecule has 0 aliphatic carbocycles. The zero-order chi connectivity index (χ0) is 12.2. The summed E-state index contributed by atoms with van der Waals surface area (Å²) in [5.41, 5.74) is 1.21. The van der Waals surface area contributed by atoms with Crippen molar-refractivity contribution >= 4 is 24.8 Å². The molecule has 0 radical (unpaired) electrons. The molecule has 0 amide bonds. The lowest BCUT2D eigenvalue weighted by Gasteiger charge is -2.34. The largest absolute Gasteiger partial charge is 0.314 e. The average molecular weight is 317 g/mol. The number of benzene rings is 1. The first-order valence-electron chi connectivity index (χ1n) is 6.17. The molecule has 2 aromatic rings. The molecule has 1 unspecified atom stereocenters. The molecule has 20 heavy (non-hydrogen) atoms. The molecule has 0 spiro atoms. The van der Waals surface area contributed by atoms with Gasteiger partial charge in [-0.1, -0.05) is 30.3 Å². The zero-order valence-electron chi connectivity index (χ0n) is 10.9. The van der Waals surface area contributed by atoms with Crippen LogP contribution in [-0.4, -0.2) is 51.3 Å². The number of nitrogens with one attached hydrogen (secondary N) is 1. The van der Waals surface area contributed by atoms with E-state index in [-0.39, 0.29) is 31.0 Å². The number of nitrogens with zero attached hydrogens (tertiary/aromatic N) is 5. The van der Waals surface area contributed by atoms with Crippen molar-refractivity contribution < 1.29 is 0 Å². The summed E-state index contributed by atoms with van der Waals surface area (Å²) in [6, 6.07) is 10.4. The smallest absolute Gasteiger partial charge is 0.140 e. The summed E-state index contributed by atoms with van der Waals surface area (Å²) < 4.78 is 1.82. The first-order chi connectivity index (χ1) is 8.95. The van der Waals surface area contributed by atoms with Crippen LogP contribution in [0.4, 0.5) is 0 Å². The zero-order valence-corrected chi connectivity index (χ0v) is 12.6. The molecule has 3 rings (SSSR count). The Hall–Kier alpha value is -1.21. The van der Waals surface area contributed by atoms with Crippen LogP contribution in [0.25, 0.3) is 0 Å². The molecule has 1 aromatic carbocycles. The molecule has 110 valence electrons. The lowest BCUT2D eigenvalue weighted by Crippen LogP contribution is -2.47. The number of tetrazole rings is 1. The van der Waals surface area contributed by atoms with Gasteiger partial charge >= 0.3 is 0 Å². The van der Waals surface area contributed by atoms with Crippen molar-refractivity contribution in [3.05, 3.63) is 42.2 Å². The Balaban J connectivity index is 0.000001000. The molecule has 6 nitrogen and oxygen atoms in total. The van der Waals surface area contributed by atoms with Crippen LogP contribution in [0.2, 0.25) is 0 Å². The second-order valence-corrected chi connectivity index (χ2v) is 4.36. The van der Waals surface area contributed by atoms with Gasteiger partial charge in [0.05, 0.1) is 0 Å². The van der Waals surface area contributed by atoms with Gasteiger partial charge in [0.15, 0.2) is 0 Å². The Morgan fingerprint density at radius 3 is 2.35 bits per heavy atom. The minimum Gasteiger partial charge on any atom is -0.314 e. The van der Waals surface area contributed by atoms with Gasteiger partial charge in [-0.2, -0.15) is 0 Å². The van der Waals surface area contributed by atoms with Gasteiger partial charge in [-0.15, -0.1) is 29.9 Å². The summed E-state index contributed by atoms with van der Waals surface area (Å²) in [6.45, 7) is 4.01. The van der Waals surface area contributed by atoms with Crippen molar-refractivity contribution in [1.82, 2.24) is 30.4 Å². The summed E-state index contributed by atoms with van der Waals surface area (Å²) in [4.78, 5) is 2.39. The van der Waals surface area contributed by atoms with Crippen LogP contribution in [0.3, 0.4) is 0 Å². The second kappa shape index (κ2) is 8.16. The summed E-state index contributed by atoms with van der Waals surface area (Å²) in [7, 11) is 0. The van der Waals surface area contributed by atoms with Crippen molar-refractivity contribution in [1.29, 1.82) is 0 Å². The third kappa shape index (κ3) is 3.67. The number of halogens is 2. The highest BCUT2D eigenvalue weighted by Gasteiger charge is 2.24. The van der Waals surface area contributed by atoms with E-state index in [1.807, 2.05) is 10.7 Å². The third-order valence-electron chi connectivity index (χ3n) is 3.21. The van der Waals surface area contributed by atoms with E-state index in [4.69, 9.17) is 0 Å². The van der Waals surface area contributed by atoms with Crippen LogP contribution in [0.5, 0.6) is 0 Å². The van der Waals surface area contributed by atoms with Gasteiger partial charge in [-0.05, 0) is 16.0 Å². The highest BCUT2D eigenvalue weighted by Crippen LogP contribution is 2.21. The highest BCUT2D eigenvalue weighted by molar-refractivity contribution is 5.85. The molecule has 8 heteroatoms. The Morgan fingerprint density at radius 1 is 1.05 bits per heavy atom. The maximum absolute atomic E-state index is 4.06. The molecule has 1 saturated heterocycles. The van der Waals surface area contributed by atoms with Gasteiger partial charge < -0.3 is 5.32 Å². The molecule has 1 N–H and O–H groups in total. The minimum absolute atomic E-state index is 0. The van der Waals surface area contributed by atoms with Gasteiger partial charge in [-0.25, -0.2) is 4.68 Å². The maximum Gasteiger partial charge on any atom is 0.140 e. The van der Waals surface area contributed by atoms with E-state index < -0.39 is 0 Å². The quantitative estimate of drug-likeness (QED) is 0.914. The van der Waals surface area contributed by atoms with Crippen molar-refractivity contribution in [3.63, 3.8) is 0 Å². The minimum atomic E-state index is 0. The van der Waals surface area contributed by atoms with E-state index >= 15 is 0 Å². The first-order valence-corrected chi connectivity index (χ1v) is 6.17. The average Bonchev–Trinajstić information content (AvgIpc) is 2.95. The van der Waals surface area contributed by atoms with Crippen molar-refractivity contribution in [2.24, 2.45) is 0 Å². The van der Waals surface area contributed by atoms with E-state index in [1.165, 1.54) is 5.56 Å². The normalized spacial score (nSPS) is 16.8. The van der Waals surface area contributed by atoms with Crippen molar-refractivity contribution in [2.45, 2.75) is 6.17 Å². The number of piperazine rings is 1. The SMILES string of the molecule is Cl.Cl.c1ccc(C(N2CCNCC2)n2cnnn2)cc1. The van der Waals surface area contributed by atoms with Gasteiger partial charge in [-0.3, -0.25) is 4.90 Å². The second-order valence-electron chi connectivity index (χ2n) is 4.36. The van der Waals surface area contributed by atoms with Crippen LogP contribution in [0, 0.1) is 0 Å². The van der Waals surface area contributed by atoms with E-state index in [2.05, 4.69) is 50.0 Å². The predicted octanol–water partition coefficient (Wildman–Crippen LogP) is 0.969. The fourth-order valence-corrected chi connectivity index (χ4v) is 2.36. The number of aromatic nitrogens is 4. The number of hydrogen-bond acceptors (Lipinski definition) is 5. The molecule has 2 heterocycles. The maximum atomic E-state index is 4.06. The molecule has 1 aromatic heterocycles. The van der Waals surface area contributed by atoms with E-state index in [1.54, 1.807) is 6.33 Å². The van der Waals surface area contributed by atoms with Crippen LogP contribution in [-0.2, 0) is 0 Å². The molecule has 0 bridgehead atoms. The Morgan fingerprint density at radius 2 is 1.75 bits per heavy atom. The summed E-state index contributed by atoms with van der Waals surface area (Å²) >= 11 is 0. The predicted molar refractivity (Wildman–Crippen MR) is 81.3 cm³/mol. The Bertz CT molecular complexity index is 472.